The fraction of sp³-hybridized carbons (Fsp3) is 0.500. The average Bonchev–Trinajstić information content (AvgIpc) is 2.97. The molecule has 0 radical (unpaired) electrons. The summed E-state index contributed by atoms with van der Waals surface area (Å²) in [5, 5.41) is 0. The van der Waals surface area contributed by atoms with E-state index in [0.29, 0.717) is 6.42 Å². The molecule has 0 N–H and O–H groups in total. The maximum atomic E-state index is 12.3. The number of aryl methyl sites for hydroxylation is 1. The van der Waals surface area contributed by atoms with E-state index in [-0.39, 0.29) is 23.2 Å². The van der Waals surface area contributed by atoms with Crippen LogP contribution in [0.5, 0.6) is 0 Å². The van der Waals surface area contributed by atoms with E-state index in [4.69, 9.17) is 4.74 Å². The fourth-order valence-corrected chi connectivity index (χ4v) is 2.56. The number of hydrogen-bond donors (Lipinski definition) is 0. The molecule has 2 atom stereocenters. The predicted octanol–water partition coefficient (Wildman–Crippen LogP) is -0.690. The molecular weight excluding hydrogens is 264 g/mol. The van der Waals surface area contributed by atoms with E-state index in [0.717, 1.165) is 4.57 Å². The van der Waals surface area contributed by atoms with Crippen molar-refractivity contribution in [2.75, 3.05) is 0 Å². The van der Waals surface area contributed by atoms with Crippen molar-refractivity contribution in [3.63, 3.8) is 0 Å². The van der Waals surface area contributed by atoms with E-state index < -0.39 is 17.3 Å². The van der Waals surface area contributed by atoms with Gasteiger partial charge in [0.25, 0.3) is 5.56 Å². The zero-order valence-corrected chi connectivity index (χ0v) is 11.4. The number of ether oxygens (including phenoxy) is 1. The molecule has 8 heteroatoms. The molecule has 106 valence electrons. The minimum Gasteiger partial charge on any atom is -0.461 e. The standard InChI is InChI=1S/C12H14N4O4/c1-6-4-7(11(18)20-6)16-5-13-9-8(16)10(17)15(3)12(19)14(9)2/h5-7H,4H2,1-3H3/t6-,7+/m1/s1. The summed E-state index contributed by atoms with van der Waals surface area (Å²) in [7, 11) is 2.94. The molecule has 0 aliphatic carbocycles. The van der Waals surface area contributed by atoms with Crippen molar-refractivity contribution in [3.05, 3.63) is 27.2 Å². The Morgan fingerprint density at radius 2 is 1.95 bits per heavy atom. The molecule has 0 spiro atoms. The van der Waals surface area contributed by atoms with Crippen molar-refractivity contribution < 1.29 is 9.53 Å². The summed E-state index contributed by atoms with van der Waals surface area (Å²) < 4.78 is 8.90. The van der Waals surface area contributed by atoms with Crippen LogP contribution in [0, 0.1) is 0 Å². The van der Waals surface area contributed by atoms with Gasteiger partial charge in [-0.25, -0.2) is 14.6 Å². The van der Waals surface area contributed by atoms with Gasteiger partial charge in [-0.1, -0.05) is 0 Å². The topological polar surface area (TPSA) is 88.1 Å². The van der Waals surface area contributed by atoms with Gasteiger partial charge in [0.05, 0.1) is 6.33 Å². The van der Waals surface area contributed by atoms with Gasteiger partial charge in [0.1, 0.15) is 12.1 Å². The second-order valence-corrected chi connectivity index (χ2v) is 5.03. The minimum absolute atomic E-state index is 0.193. The molecule has 3 heterocycles. The summed E-state index contributed by atoms with van der Waals surface area (Å²) in [5.74, 6) is -0.382. The normalized spacial score (nSPS) is 22.4. The number of aromatic nitrogens is 4. The molecule has 1 saturated heterocycles. The van der Waals surface area contributed by atoms with E-state index in [2.05, 4.69) is 4.98 Å². The first-order valence-electron chi connectivity index (χ1n) is 6.25. The highest BCUT2D eigenvalue weighted by Gasteiger charge is 2.35. The molecule has 3 rings (SSSR count). The Labute approximate surface area is 113 Å². The van der Waals surface area contributed by atoms with Crippen molar-refractivity contribution in [2.24, 2.45) is 14.1 Å². The highest BCUT2D eigenvalue weighted by atomic mass is 16.6. The molecule has 2 aromatic heterocycles. The van der Waals surface area contributed by atoms with Crippen molar-refractivity contribution in [2.45, 2.75) is 25.5 Å². The molecular formula is C12H14N4O4. The van der Waals surface area contributed by atoms with Crippen LogP contribution in [-0.4, -0.2) is 30.8 Å². The number of carbonyl (C=O) groups is 1. The lowest BCUT2D eigenvalue weighted by atomic mass is 10.2. The van der Waals surface area contributed by atoms with Crippen LogP contribution < -0.4 is 11.2 Å². The monoisotopic (exact) mass is 278 g/mol. The van der Waals surface area contributed by atoms with Crippen LogP contribution in [0.25, 0.3) is 11.2 Å². The second kappa shape index (κ2) is 4.06. The molecule has 0 amide bonds. The van der Waals surface area contributed by atoms with Gasteiger partial charge in [0.2, 0.25) is 0 Å². The molecule has 1 aliphatic heterocycles. The van der Waals surface area contributed by atoms with Crippen molar-refractivity contribution in [3.8, 4) is 0 Å². The third-order valence-electron chi connectivity index (χ3n) is 3.65. The molecule has 0 bridgehead atoms. The van der Waals surface area contributed by atoms with Crippen LogP contribution in [0.4, 0.5) is 0 Å². The number of imidazole rings is 1. The number of rotatable bonds is 1. The van der Waals surface area contributed by atoms with Gasteiger partial charge in [0.15, 0.2) is 11.2 Å². The van der Waals surface area contributed by atoms with Gasteiger partial charge in [-0.15, -0.1) is 0 Å². The van der Waals surface area contributed by atoms with Crippen molar-refractivity contribution in [1.82, 2.24) is 18.7 Å². The quantitative estimate of drug-likeness (QED) is 0.644. The van der Waals surface area contributed by atoms with E-state index in [9.17, 15) is 14.4 Å². The third kappa shape index (κ3) is 1.54. The summed E-state index contributed by atoms with van der Waals surface area (Å²) in [4.78, 5) is 40.0. The first kappa shape index (κ1) is 12.6. The van der Waals surface area contributed by atoms with Gasteiger partial charge in [-0.05, 0) is 6.92 Å². The minimum atomic E-state index is -0.569. The Morgan fingerprint density at radius 3 is 2.55 bits per heavy atom. The second-order valence-electron chi connectivity index (χ2n) is 5.03. The van der Waals surface area contributed by atoms with Crippen LogP contribution in [0.2, 0.25) is 0 Å². The molecule has 2 aromatic rings. The van der Waals surface area contributed by atoms with Crippen LogP contribution in [-0.2, 0) is 23.6 Å². The van der Waals surface area contributed by atoms with Gasteiger partial charge in [-0.2, -0.15) is 0 Å². The number of cyclic esters (lactones) is 1. The Kier molecular flexibility index (Phi) is 2.56. The molecule has 0 aromatic carbocycles. The number of hydrogen-bond acceptors (Lipinski definition) is 5. The Morgan fingerprint density at radius 1 is 1.25 bits per heavy atom. The largest absolute Gasteiger partial charge is 0.461 e. The summed E-state index contributed by atoms with van der Waals surface area (Å²) >= 11 is 0. The van der Waals surface area contributed by atoms with Gasteiger partial charge in [-0.3, -0.25) is 13.9 Å². The zero-order chi connectivity index (χ0) is 14.6. The lowest BCUT2D eigenvalue weighted by Crippen LogP contribution is -2.38. The third-order valence-corrected chi connectivity index (χ3v) is 3.65. The Bertz CT molecular complexity index is 828. The molecule has 20 heavy (non-hydrogen) atoms. The summed E-state index contributed by atoms with van der Waals surface area (Å²) in [6, 6.07) is -0.569. The fourth-order valence-electron chi connectivity index (χ4n) is 2.56. The molecule has 1 aliphatic rings. The van der Waals surface area contributed by atoms with Gasteiger partial charge in [0, 0.05) is 20.5 Å². The SMILES string of the molecule is C[C@@H]1C[C@H](n2cnc3c2c(=O)n(C)c(=O)n3C)C(=O)O1. The van der Waals surface area contributed by atoms with E-state index in [1.807, 2.05) is 0 Å². The summed E-state index contributed by atoms with van der Waals surface area (Å²) in [5.41, 5.74) is -0.404. The molecule has 0 unspecified atom stereocenters. The van der Waals surface area contributed by atoms with E-state index >= 15 is 0 Å². The Balaban J connectivity index is 2.32. The molecule has 1 fully saturated rings. The van der Waals surface area contributed by atoms with Crippen molar-refractivity contribution in [1.29, 1.82) is 0 Å². The lowest BCUT2D eigenvalue weighted by Gasteiger charge is -2.09. The first-order chi connectivity index (χ1) is 9.41. The van der Waals surface area contributed by atoms with Crippen LogP contribution in [0.3, 0.4) is 0 Å². The number of esters is 1. The Hall–Kier alpha value is -2.38. The zero-order valence-electron chi connectivity index (χ0n) is 11.4. The number of fused-ring (bicyclic) bond motifs is 1. The van der Waals surface area contributed by atoms with Crippen LogP contribution >= 0.6 is 0 Å². The van der Waals surface area contributed by atoms with Crippen LogP contribution in [0.15, 0.2) is 15.9 Å². The maximum Gasteiger partial charge on any atom is 0.332 e. The molecule has 0 saturated carbocycles. The van der Waals surface area contributed by atoms with Crippen LogP contribution in [0.1, 0.15) is 19.4 Å². The maximum absolute atomic E-state index is 12.3. The summed E-state index contributed by atoms with van der Waals surface area (Å²) in [6.07, 6.45) is 1.70. The number of nitrogens with zero attached hydrogens (tertiary/aromatic N) is 4. The summed E-state index contributed by atoms with van der Waals surface area (Å²) in [6.45, 7) is 1.80. The average molecular weight is 278 g/mol. The smallest absolute Gasteiger partial charge is 0.332 e. The first-order valence-corrected chi connectivity index (χ1v) is 6.25. The van der Waals surface area contributed by atoms with Gasteiger partial charge < -0.3 is 9.30 Å². The molecule has 8 nitrogen and oxygen atoms in total. The highest BCUT2D eigenvalue weighted by Crippen LogP contribution is 2.27. The van der Waals surface area contributed by atoms with E-state index in [1.54, 1.807) is 6.92 Å². The van der Waals surface area contributed by atoms with Crippen molar-refractivity contribution >= 4 is 17.1 Å². The highest BCUT2D eigenvalue weighted by molar-refractivity contribution is 5.80. The predicted molar refractivity (Wildman–Crippen MR) is 69.4 cm³/mol. The van der Waals surface area contributed by atoms with E-state index in [1.165, 1.54) is 29.6 Å². The lowest BCUT2D eigenvalue weighted by molar-refractivity contribution is -0.143. The number of carbonyl (C=O) groups excluding carboxylic acids is 1. The van der Waals surface area contributed by atoms with Gasteiger partial charge >= 0.3 is 11.7 Å².